The highest BCUT2D eigenvalue weighted by Crippen LogP contribution is 2.32. The molecule has 0 spiro atoms. The van der Waals surface area contributed by atoms with Gasteiger partial charge in [-0.15, -0.1) is 0 Å². The van der Waals surface area contributed by atoms with Gasteiger partial charge >= 0.3 is 6.03 Å². The van der Waals surface area contributed by atoms with E-state index in [1.165, 1.54) is 0 Å². The number of halogens is 1. The van der Waals surface area contributed by atoms with Crippen LogP contribution in [0, 0.1) is 18.8 Å². The number of amides is 4. The molecule has 2 fully saturated rings. The molecule has 1 heterocycles. The van der Waals surface area contributed by atoms with Gasteiger partial charge in [-0.1, -0.05) is 15.9 Å². The molecule has 1 aliphatic heterocycles. The summed E-state index contributed by atoms with van der Waals surface area (Å²) in [7, 11) is 0. The van der Waals surface area contributed by atoms with Crippen LogP contribution in [0.1, 0.15) is 35.2 Å². The lowest BCUT2D eigenvalue weighted by Gasteiger charge is -2.16. The maximum absolute atomic E-state index is 12.1. The van der Waals surface area contributed by atoms with Gasteiger partial charge in [-0.25, -0.2) is 10.2 Å². The molecule has 1 aromatic carbocycles. The minimum Gasteiger partial charge on any atom is -0.342 e. The molecule has 0 unspecified atom stereocenters. The first-order valence-corrected chi connectivity index (χ1v) is 9.62. The smallest absolute Gasteiger partial charge is 0.333 e. The third-order valence-electron chi connectivity index (χ3n) is 4.80. The van der Waals surface area contributed by atoms with E-state index >= 15 is 0 Å². The van der Waals surface area contributed by atoms with E-state index in [2.05, 4.69) is 32.1 Å². The fraction of sp³-hybridized carbons (Fsp3) is 0.500. The Hall–Kier alpha value is -2.09. The molecule has 2 aliphatic rings. The number of nitrogens with one attached hydrogen (secondary N) is 3. The van der Waals surface area contributed by atoms with Crippen LogP contribution in [0.15, 0.2) is 22.7 Å². The first-order valence-electron chi connectivity index (χ1n) is 8.83. The second kappa shape index (κ2) is 8.07. The molecular weight excluding hydrogens is 400 g/mol. The molecule has 7 nitrogen and oxygen atoms in total. The zero-order valence-electron chi connectivity index (χ0n) is 14.7. The molecular formula is C18H23BrN4O3. The molecule has 1 saturated carbocycles. The highest BCUT2D eigenvalue weighted by atomic mass is 79.9. The van der Waals surface area contributed by atoms with E-state index in [4.69, 9.17) is 0 Å². The zero-order chi connectivity index (χ0) is 18.7. The standard InChI is InChI=1S/C18H23BrN4O3/c1-11-8-14(19)4-5-15(11)16(24)21-22-18(26)20-9-12-6-7-23(10-12)17(25)13-2-3-13/h4-5,8,12-13H,2-3,6-7,9-10H2,1H3,(H,21,24)(H2,20,22,26)/t12-/m0/s1. The van der Waals surface area contributed by atoms with Crippen molar-refractivity contribution >= 4 is 33.8 Å². The van der Waals surface area contributed by atoms with Crippen LogP contribution in [-0.4, -0.2) is 42.4 Å². The second-order valence-electron chi connectivity index (χ2n) is 6.96. The third-order valence-corrected chi connectivity index (χ3v) is 5.29. The third kappa shape index (κ3) is 4.75. The van der Waals surface area contributed by atoms with Crippen LogP contribution >= 0.6 is 15.9 Å². The maximum atomic E-state index is 12.1. The molecule has 1 saturated heterocycles. The summed E-state index contributed by atoms with van der Waals surface area (Å²) in [4.78, 5) is 37.9. The van der Waals surface area contributed by atoms with E-state index < -0.39 is 6.03 Å². The van der Waals surface area contributed by atoms with Crippen LogP contribution in [0.3, 0.4) is 0 Å². The summed E-state index contributed by atoms with van der Waals surface area (Å²) >= 11 is 3.35. The number of nitrogens with zero attached hydrogens (tertiary/aromatic N) is 1. The van der Waals surface area contributed by atoms with E-state index in [1.807, 2.05) is 17.9 Å². The van der Waals surface area contributed by atoms with Crippen LogP contribution in [0.2, 0.25) is 0 Å². The number of urea groups is 1. The molecule has 0 radical (unpaired) electrons. The number of benzene rings is 1. The van der Waals surface area contributed by atoms with Crippen LogP contribution < -0.4 is 16.2 Å². The van der Waals surface area contributed by atoms with Gasteiger partial charge in [0.25, 0.3) is 5.91 Å². The predicted octanol–water partition coefficient (Wildman–Crippen LogP) is 1.96. The summed E-state index contributed by atoms with van der Waals surface area (Å²) in [5, 5.41) is 2.75. The first kappa shape index (κ1) is 18.7. The molecule has 0 aromatic heterocycles. The summed E-state index contributed by atoms with van der Waals surface area (Å²) in [5.41, 5.74) is 6.08. The first-order chi connectivity index (χ1) is 12.4. The number of hydrazine groups is 1. The minimum absolute atomic E-state index is 0.238. The monoisotopic (exact) mass is 422 g/mol. The highest BCUT2D eigenvalue weighted by Gasteiger charge is 2.36. The summed E-state index contributed by atoms with van der Waals surface area (Å²) in [6, 6.07) is 4.85. The molecule has 140 valence electrons. The largest absolute Gasteiger partial charge is 0.342 e. The average Bonchev–Trinajstić information content (AvgIpc) is 3.35. The Kier molecular flexibility index (Phi) is 5.80. The van der Waals surface area contributed by atoms with Crippen molar-refractivity contribution in [2.75, 3.05) is 19.6 Å². The SMILES string of the molecule is Cc1cc(Br)ccc1C(=O)NNC(=O)NC[C@@H]1CCN(C(=O)C2CC2)C1. The van der Waals surface area contributed by atoms with Gasteiger partial charge in [0.1, 0.15) is 0 Å². The molecule has 8 heteroatoms. The van der Waals surface area contributed by atoms with E-state index in [9.17, 15) is 14.4 Å². The minimum atomic E-state index is -0.458. The zero-order valence-corrected chi connectivity index (χ0v) is 16.3. The van der Waals surface area contributed by atoms with Crippen molar-refractivity contribution < 1.29 is 14.4 Å². The van der Waals surface area contributed by atoms with Crippen molar-refractivity contribution in [1.29, 1.82) is 0 Å². The number of carbonyl (C=O) groups is 3. The van der Waals surface area contributed by atoms with Gasteiger partial charge in [-0.05, 0) is 55.9 Å². The topological polar surface area (TPSA) is 90.5 Å². The van der Waals surface area contributed by atoms with Crippen molar-refractivity contribution in [3.63, 3.8) is 0 Å². The Balaban J connectivity index is 1.38. The Bertz CT molecular complexity index is 720. The number of aryl methyl sites for hydroxylation is 1. The van der Waals surface area contributed by atoms with Crippen LogP contribution in [0.25, 0.3) is 0 Å². The summed E-state index contributed by atoms with van der Waals surface area (Å²) in [6.45, 7) is 3.77. The Morgan fingerprint density at radius 3 is 2.65 bits per heavy atom. The van der Waals surface area contributed by atoms with E-state index in [0.29, 0.717) is 18.7 Å². The second-order valence-corrected chi connectivity index (χ2v) is 7.88. The summed E-state index contributed by atoms with van der Waals surface area (Å²) in [6.07, 6.45) is 2.92. The molecule has 3 N–H and O–H groups in total. The molecule has 0 bridgehead atoms. The lowest BCUT2D eigenvalue weighted by molar-refractivity contribution is -0.131. The normalized spacial score (nSPS) is 19.2. The van der Waals surface area contributed by atoms with E-state index in [-0.39, 0.29) is 23.7 Å². The molecule has 1 aromatic rings. The van der Waals surface area contributed by atoms with Crippen LogP contribution in [0.4, 0.5) is 4.79 Å². The van der Waals surface area contributed by atoms with Gasteiger partial charge in [0.2, 0.25) is 5.91 Å². The van der Waals surface area contributed by atoms with Crippen molar-refractivity contribution in [1.82, 2.24) is 21.1 Å². The Morgan fingerprint density at radius 1 is 1.19 bits per heavy atom. The van der Waals surface area contributed by atoms with Gasteiger partial charge in [0, 0.05) is 35.6 Å². The Morgan fingerprint density at radius 2 is 1.96 bits per heavy atom. The number of hydrogen-bond donors (Lipinski definition) is 3. The van der Waals surface area contributed by atoms with Crippen molar-refractivity contribution in [3.8, 4) is 0 Å². The molecule has 4 amide bonds. The van der Waals surface area contributed by atoms with E-state index in [0.717, 1.165) is 35.8 Å². The van der Waals surface area contributed by atoms with Gasteiger partial charge in [-0.3, -0.25) is 15.0 Å². The fourth-order valence-corrected chi connectivity index (χ4v) is 3.61. The summed E-state index contributed by atoms with van der Waals surface area (Å²) in [5.74, 6) is 0.386. The van der Waals surface area contributed by atoms with Crippen molar-refractivity contribution in [2.24, 2.45) is 11.8 Å². The van der Waals surface area contributed by atoms with Gasteiger partial charge < -0.3 is 10.2 Å². The molecule has 1 aliphatic carbocycles. The Labute approximate surface area is 161 Å². The summed E-state index contributed by atoms with van der Waals surface area (Å²) < 4.78 is 0.892. The van der Waals surface area contributed by atoms with E-state index in [1.54, 1.807) is 12.1 Å². The van der Waals surface area contributed by atoms with Gasteiger partial charge in [0.15, 0.2) is 0 Å². The average molecular weight is 423 g/mol. The molecule has 3 rings (SSSR count). The quantitative estimate of drug-likeness (QED) is 0.647. The van der Waals surface area contributed by atoms with Crippen LogP contribution in [0.5, 0.6) is 0 Å². The number of rotatable bonds is 4. The van der Waals surface area contributed by atoms with Gasteiger partial charge in [-0.2, -0.15) is 0 Å². The van der Waals surface area contributed by atoms with Crippen LogP contribution in [-0.2, 0) is 4.79 Å². The van der Waals surface area contributed by atoms with Gasteiger partial charge in [0.05, 0.1) is 0 Å². The molecule has 26 heavy (non-hydrogen) atoms. The number of likely N-dealkylation sites (tertiary alicyclic amines) is 1. The van der Waals surface area contributed by atoms with Crippen molar-refractivity contribution in [3.05, 3.63) is 33.8 Å². The number of carbonyl (C=O) groups excluding carboxylic acids is 3. The van der Waals surface area contributed by atoms with Crippen molar-refractivity contribution in [2.45, 2.75) is 26.2 Å². The lowest BCUT2D eigenvalue weighted by atomic mass is 10.1. The fourth-order valence-electron chi connectivity index (χ4n) is 3.13. The highest BCUT2D eigenvalue weighted by molar-refractivity contribution is 9.10. The lowest BCUT2D eigenvalue weighted by Crippen LogP contribution is -2.48. The molecule has 1 atom stereocenters. The number of hydrogen-bond acceptors (Lipinski definition) is 3. The predicted molar refractivity (Wildman–Crippen MR) is 100 cm³/mol. The maximum Gasteiger partial charge on any atom is 0.333 e.